The van der Waals surface area contributed by atoms with Gasteiger partial charge in [0, 0.05) is 12.4 Å². The summed E-state index contributed by atoms with van der Waals surface area (Å²) >= 11 is 0. The summed E-state index contributed by atoms with van der Waals surface area (Å²) in [6, 6.07) is 3.75. The summed E-state index contributed by atoms with van der Waals surface area (Å²) < 4.78 is 0. The van der Waals surface area contributed by atoms with Crippen molar-refractivity contribution in [2.45, 2.75) is 32.2 Å². The standard InChI is InChI=1S/C13H18N4O/c1-3-13(4-2,9-18)17-11-6-5-10-12(16-11)15-8-7-14-10/h5-8,18H,3-4,9H2,1-2H3,(H,15,16,17). The van der Waals surface area contributed by atoms with Gasteiger partial charge in [-0.1, -0.05) is 13.8 Å². The quantitative estimate of drug-likeness (QED) is 0.844. The lowest BCUT2D eigenvalue weighted by atomic mass is 9.94. The van der Waals surface area contributed by atoms with E-state index in [1.807, 2.05) is 26.0 Å². The van der Waals surface area contributed by atoms with Crippen molar-refractivity contribution < 1.29 is 5.11 Å². The molecule has 0 saturated carbocycles. The van der Waals surface area contributed by atoms with Gasteiger partial charge in [-0.05, 0) is 25.0 Å². The molecule has 18 heavy (non-hydrogen) atoms. The summed E-state index contributed by atoms with van der Waals surface area (Å²) in [5.74, 6) is 0.723. The number of hydrogen-bond acceptors (Lipinski definition) is 5. The fourth-order valence-corrected chi connectivity index (χ4v) is 1.89. The zero-order valence-electron chi connectivity index (χ0n) is 10.7. The van der Waals surface area contributed by atoms with Gasteiger partial charge in [-0.2, -0.15) is 0 Å². The molecule has 0 saturated heterocycles. The number of hydrogen-bond donors (Lipinski definition) is 2. The molecular weight excluding hydrogens is 228 g/mol. The van der Waals surface area contributed by atoms with Crippen LogP contribution < -0.4 is 5.32 Å². The average Bonchev–Trinajstić information content (AvgIpc) is 2.45. The second-order valence-electron chi connectivity index (χ2n) is 4.37. The Bertz CT molecular complexity index is 517. The van der Waals surface area contributed by atoms with E-state index in [1.54, 1.807) is 12.4 Å². The number of nitrogens with one attached hydrogen (secondary N) is 1. The van der Waals surface area contributed by atoms with Gasteiger partial charge >= 0.3 is 0 Å². The van der Waals surface area contributed by atoms with Crippen LogP contribution in [0, 0.1) is 0 Å². The van der Waals surface area contributed by atoms with Gasteiger partial charge < -0.3 is 10.4 Å². The molecule has 0 radical (unpaired) electrons. The Labute approximate surface area is 106 Å². The first-order chi connectivity index (χ1) is 8.73. The molecule has 0 spiro atoms. The maximum atomic E-state index is 9.53. The molecule has 2 heterocycles. The molecule has 0 aromatic carbocycles. The van der Waals surface area contributed by atoms with Crippen LogP contribution in [0.15, 0.2) is 24.5 Å². The molecule has 2 rings (SSSR count). The summed E-state index contributed by atoms with van der Waals surface area (Å²) in [6.45, 7) is 4.18. The molecule has 96 valence electrons. The molecule has 0 aliphatic heterocycles. The molecule has 0 amide bonds. The number of fused-ring (bicyclic) bond motifs is 1. The second kappa shape index (κ2) is 5.27. The van der Waals surface area contributed by atoms with Crippen molar-refractivity contribution in [3.63, 3.8) is 0 Å². The van der Waals surface area contributed by atoms with E-state index in [2.05, 4.69) is 20.3 Å². The predicted molar refractivity (Wildman–Crippen MR) is 71.4 cm³/mol. The van der Waals surface area contributed by atoms with Crippen LogP contribution >= 0.6 is 0 Å². The lowest BCUT2D eigenvalue weighted by molar-refractivity contribution is 0.202. The minimum absolute atomic E-state index is 0.0835. The Balaban J connectivity index is 2.31. The lowest BCUT2D eigenvalue weighted by Crippen LogP contribution is -2.41. The molecule has 0 fully saturated rings. The number of aliphatic hydroxyl groups is 1. The Morgan fingerprint density at radius 2 is 1.89 bits per heavy atom. The number of aromatic nitrogens is 3. The largest absolute Gasteiger partial charge is 0.394 e. The van der Waals surface area contributed by atoms with Crippen LogP contribution in [-0.4, -0.2) is 32.2 Å². The van der Waals surface area contributed by atoms with Crippen molar-refractivity contribution in [1.29, 1.82) is 0 Å². The van der Waals surface area contributed by atoms with Gasteiger partial charge in [-0.25, -0.2) is 9.97 Å². The fourth-order valence-electron chi connectivity index (χ4n) is 1.89. The van der Waals surface area contributed by atoms with E-state index in [0.29, 0.717) is 5.65 Å². The molecule has 0 atom stereocenters. The van der Waals surface area contributed by atoms with Crippen molar-refractivity contribution >= 4 is 17.0 Å². The van der Waals surface area contributed by atoms with Crippen molar-refractivity contribution in [2.24, 2.45) is 0 Å². The number of anilines is 1. The highest BCUT2D eigenvalue weighted by Gasteiger charge is 2.25. The normalized spacial score (nSPS) is 11.7. The maximum absolute atomic E-state index is 9.53. The molecule has 2 N–H and O–H groups in total. The van der Waals surface area contributed by atoms with E-state index in [4.69, 9.17) is 0 Å². The third-order valence-electron chi connectivity index (χ3n) is 3.38. The van der Waals surface area contributed by atoms with E-state index in [0.717, 1.165) is 24.2 Å². The van der Waals surface area contributed by atoms with Gasteiger partial charge in [0.2, 0.25) is 0 Å². The van der Waals surface area contributed by atoms with Crippen molar-refractivity contribution in [1.82, 2.24) is 15.0 Å². The summed E-state index contributed by atoms with van der Waals surface area (Å²) in [4.78, 5) is 12.8. The van der Waals surface area contributed by atoms with E-state index in [1.165, 1.54) is 0 Å². The minimum Gasteiger partial charge on any atom is -0.394 e. The van der Waals surface area contributed by atoms with Crippen LogP contribution in [0.5, 0.6) is 0 Å². The average molecular weight is 246 g/mol. The van der Waals surface area contributed by atoms with Gasteiger partial charge in [-0.3, -0.25) is 4.98 Å². The molecule has 5 nitrogen and oxygen atoms in total. The lowest BCUT2D eigenvalue weighted by Gasteiger charge is -2.31. The van der Waals surface area contributed by atoms with E-state index in [9.17, 15) is 5.11 Å². The second-order valence-corrected chi connectivity index (χ2v) is 4.37. The topological polar surface area (TPSA) is 70.9 Å². The first-order valence-corrected chi connectivity index (χ1v) is 6.20. The predicted octanol–water partition coefficient (Wildman–Crippen LogP) is 1.99. The monoisotopic (exact) mass is 246 g/mol. The van der Waals surface area contributed by atoms with Gasteiger partial charge in [0.05, 0.1) is 12.1 Å². The van der Waals surface area contributed by atoms with Crippen molar-refractivity contribution in [3.8, 4) is 0 Å². The zero-order valence-corrected chi connectivity index (χ0v) is 10.7. The van der Waals surface area contributed by atoms with Crippen molar-refractivity contribution in [3.05, 3.63) is 24.5 Å². The Morgan fingerprint density at radius 1 is 1.17 bits per heavy atom. The molecule has 2 aromatic rings. The van der Waals surface area contributed by atoms with Gasteiger partial charge in [0.1, 0.15) is 11.3 Å². The van der Waals surface area contributed by atoms with Crippen LogP contribution in [0.3, 0.4) is 0 Å². The Morgan fingerprint density at radius 3 is 2.56 bits per heavy atom. The van der Waals surface area contributed by atoms with Crippen LogP contribution in [0.25, 0.3) is 11.2 Å². The van der Waals surface area contributed by atoms with Gasteiger partial charge in [-0.15, -0.1) is 0 Å². The third-order valence-corrected chi connectivity index (χ3v) is 3.38. The van der Waals surface area contributed by atoms with Gasteiger partial charge in [0.15, 0.2) is 5.65 Å². The van der Waals surface area contributed by atoms with Crippen LogP contribution in [0.4, 0.5) is 5.82 Å². The highest BCUT2D eigenvalue weighted by Crippen LogP contribution is 2.21. The van der Waals surface area contributed by atoms with Crippen LogP contribution in [0.2, 0.25) is 0 Å². The summed E-state index contributed by atoms with van der Waals surface area (Å²) in [5, 5.41) is 12.8. The zero-order chi connectivity index (χ0) is 13.0. The van der Waals surface area contributed by atoms with Crippen LogP contribution in [-0.2, 0) is 0 Å². The highest BCUT2D eigenvalue weighted by atomic mass is 16.3. The maximum Gasteiger partial charge on any atom is 0.180 e. The number of nitrogens with zero attached hydrogens (tertiary/aromatic N) is 3. The highest BCUT2D eigenvalue weighted by molar-refractivity contribution is 5.71. The van der Waals surface area contributed by atoms with Crippen LogP contribution in [0.1, 0.15) is 26.7 Å². The van der Waals surface area contributed by atoms with Gasteiger partial charge in [0.25, 0.3) is 0 Å². The molecule has 0 bridgehead atoms. The molecule has 0 aliphatic carbocycles. The molecule has 0 unspecified atom stereocenters. The number of rotatable bonds is 5. The van der Waals surface area contributed by atoms with E-state index in [-0.39, 0.29) is 12.1 Å². The fraction of sp³-hybridized carbons (Fsp3) is 0.462. The smallest absolute Gasteiger partial charge is 0.180 e. The molecule has 5 heteroatoms. The first-order valence-electron chi connectivity index (χ1n) is 6.20. The summed E-state index contributed by atoms with van der Waals surface area (Å²) in [6.07, 6.45) is 4.94. The number of aliphatic hydroxyl groups excluding tert-OH is 1. The first kappa shape index (κ1) is 12.7. The Hall–Kier alpha value is -1.75. The van der Waals surface area contributed by atoms with E-state index >= 15 is 0 Å². The molecule has 2 aromatic heterocycles. The van der Waals surface area contributed by atoms with E-state index < -0.39 is 0 Å². The minimum atomic E-state index is -0.317. The van der Waals surface area contributed by atoms with Crippen molar-refractivity contribution in [2.75, 3.05) is 11.9 Å². The molecule has 0 aliphatic rings. The molecular formula is C13H18N4O. The third kappa shape index (κ3) is 2.41. The number of pyridine rings is 1. The summed E-state index contributed by atoms with van der Waals surface area (Å²) in [5.41, 5.74) is 1.07. The SMILES string of the molecule is CCC(CC)(CO)Nc1ccc2nccnc2n1. The Kier molecular flexibility index (Phi) is 3.72. The summed E-state index contributed by atoms with van der Waals surface area (Å²) in [7, 11) is 0.